The molecule has 0 saturated carbocycles. The van der Waals surface area contributed by atoms with Gasteiger partial charge in [0.05, 0.1) is 13.2 Å². The second kappa shape index (κ2) is 7.52. The van der Waals surface area contributed by atoms with E-state index in [0.29, 0.717) is 19.1 Å². The lowest BCUT2D eigenvalue weighted by atomic mass is 10.1. The van der Waals surface area contributed by atoms with Crippen molar-refractivity contribution in [3.05, 3.63) is 63.1 Å². The van der Waals surface area contributed by atoms with E-state index in [1.807, 2.05) is 6.92 Å². The highest BCUT2D eigenvalue weighted by Crippen LogP contribution is 2.29. The summed E-state index contributed by atoms with van der Waals surface area (Å²) in [5, 5.41) is 12.7. The topological polar surface area (TPSA) is 101 Å². The molecule has 2 aliphatic heterocycles. The molecule has 0 aliphatic carbocycles. The van der Waals surface area contributed by atoms with Gasteiger partial charge in [0, 0.05) is 30.4 Å². The molecule has 2 aromatic rings. The molecule has 1 aromatic carbocycles. The van der Waals surface area contributed by atoms with Gasteiger partial charge in [0.1, 0.15) is 17.2 Å². The van der Waals surface area contributed by atoms with Crippen LogP contribution in [0.3, 0.4) is 0 Å². The molecule has 30 heavy (non-hydrogen) atoms. The molecule has 1 fully saturated rings. The number of fused-ring (bicyclic) bond motifs is 2. The minimum atomic E-state index is -1.00. The fourth-order valence-corrected chi connectivity index (χ4v) is 3.76. The summed E-state index contributed by atoms with van der Waals surface area (Å²) in [6, 6.07) is 2.79. The van der Waals surface area contributed by atoms with Crippen molar-refractivity contribution in [3.8, 4) is 5.75 Å². The Bertz CT molecular complexity index is 1100. The number of nitrogens with one attached hydrogen (secondary N) is 1. The summed E-state index contributed by atoms with van der Waals surface area (Å²) in [5.41, 5.74) is -1.57. The Labute approximate surface area is 169 Å². The highest BCUT2D eigenvalue weighted by molar-refractivity contribution is 5.99. The quantitative estimate of drug-likeness (QED) is 0.782. The highest BCUT2D eigenvalue weighted by Gasteiger charge is 2.41. The maximum absolute atomic E-state index is 13.8. The Morgan fingerprint density at radius 3 is 2.83 bits per heavy atom. The maximum atomic E-state index is 13.8. The summed E-state index contributed by atoms with van der Waals surface area (Å²) in [7, 11) is 0. The Kier molecular flexibility index (Phi) is 5.02. The lowest BCUT2D eigenvalue weighted by Crippen LogP contribution is -2.57. The summed E-state index contributed by atoms with van der Waals surface area (Å²) in [6.45, 7) is 2.18. The second-order valence-electron chi connectivity index (χ2n) is 7.32. The summed E-state index contributed by atoms with van der Waals surface area (Å²) in [5.74, 6) is -3.82. The summed E-state index contributed by atoms with van der Waals surface area (Å²) in [6.07, 6.45) is 1.25. The van der Waals surface area contributed by atoms with Crippen LogP contribution in [0.2, 0.25) is 0 Å². The van der Waals surface area contributed by atoms with E-state index < -0.39 is 46.4 Å². The first-order valence-electron chi connectivity index (χ1n) is 9.40. The van der Waals surface area contributed by atoms with Gasteiger partial charge in [-0.3, -0.25) is 14.4 Å². The van der Waals surface area contributed by atoms with Crippen LogP contribution >= 0.6 is 0 Å². The van der Waals surface area contributed by atoms with E-state index in [0.717, 1.165) is 6.07 Å². The molecule has 2 aliphatic rings. The zero-order valence-corrected chi connectivity index (χ0v) is 16.0. The van der Waals surface area contributed by atoms with Crippen LogP contribution in [0.5, 0.6) is 5.75 Å². The van der Waals surface area contributed by atoms with Crippen molar-refractivity contribution in [2.45, 2.75) is 38.7 Å². The number of nitrogens with zero attached hydrogens (tertiary/aromatic N) is 2. The van der Waals surface area contributed by atoms with E-state index in [2.05, 4.69) is 5.32 Å². The third-order valence-corrected chi connectivity index (χ3v) is 5.38. The molecular formula is C20H19F2N3O5. The van der Waals surface area contributed by atoms with Gasteiger partial charge in [-0.25, -0.2) is 8.78 Å². The molecule has 10 heteroatoms. The van der Waals surface area contributed by atoms with Gasteiger partial charge in [-0.05, 0) is 19.4 Å². The van der Waals surface area contributed by atoms with Gasteiger partial charge >= 0.3 is 0 Å². The summed E-state index contributed by atoms with van der Waals surface area (Å²) in [4.78, 5) is 39.4. The third kappa shape index (κ3) is 3.32. The van der Waals surface area contributed by atoms with Gasteiger partial charge in [-0.1, -0.05) is 6.07 Å². The van der Waals surface area contributed by atoms with E-state index >= 15 is 0 Å². The molecule has 0 radical (unpaired) electrons. The zero-order valence-electron chi connectivity index (χ0n) is 16.0. The SMILES string of the molecule is C[C@@H]1CCOC2Cn3cc(C(=O)NCc4ccc(F)cc4F)c(=O)c(O)c3C(=O)N21. The standard InChI is InChI=1S/C20H19F2N3O5/c1-10-4-5-30-15-9-24-8-13(17(26)18(27)16(24)20(29)25(10)15)19(28)23-7-11-2-3-12(21)6-14(11)22/h2-3,6,8,10,15,27H,4-5,7,9H2,1H3,(H,23,28)/t10-,15?/m1/s1. The van der Waals surface area contributed by atoms with Crippen LogP contribution in [-0.2, 0) is 17.8 Å². The Balaban J connectivity index is 1.63. The van der Waals surface area contributed by atoms with Crippen molar-refractivity contribution in [3.63, 3.8) is 0 Å². The lowest BCUT2D eigenvalue weighted by molar-refractivity contribution is -0.112. The normalized spacial score (nSPS) is 20.5. The predicted octanol–water partition coefficient (Wildman–Crippen LogP) is 1.35. The van der Waals surface area contributed by atoms with Gasteiger partial charge in [0.15, 0.2) is 17.7 Å². The molecule has 2 amide bonds. The van der Waals surface area contributed by atoms with Gasteiger partial charge in [-0.15, -0.1) is 0 Å². The van der Waals surface area contributed by atoms with Crippen molar-refractivity contribution >= 4 is 11.8 Å². The van der Waals surface area contributed by atoms with E-state index in [1.165, 1.54) is 21.7 Å². The molecule has 4 rings (SSSR count). The van der Waals surface area contributed by atoms with Crippen LogP contribution in [-0.4, -0.2) is 45.3 Å². The van der Waals surface area contributed by atoms with E-state index in [9.17, 15) is 28.3 Å². The molecule has 0 spiro atoms. The highest BCUT2D eigenvalue weighted by atomic mass is 19.1. The smallest absolute Gasteiger partial charge is 0.276 e. The Morgan fingerprint density at radius 2 is 2.10 bits per heavy atom. The lowest BCUT2D eigenvalue weighted by Gasteiger charge is -2.44. The Hall–Kier alpha value is -3.27. The minimum Gasteiger partial charge on any atom is -0.503 e. The molecule has 2 atom stereocenters. The van der Waals surface area contributed by atoms with Gasteiger partial charge in [-0.2, -0.15) is 0 Å². The number of rotatable bonds is 3. The number of benzene rings is 1. The number of hydrogen-bond donors (Lipinski definition) is 2. The van der Waals surface area contributed by atoms with Crippen LogP contribution in [0, 0.1) is 11.6 Å². The molecule has 2 N–H and O–H groups in total. The van der Waals surface area contributed by atoms with Gasteiger partial charge in [0.25, 0.3) is 11.8 Å². The molecular weight excluding hydrogens is 400 g/mol. The minimum absolute atomic E-state index is 0.0300. The number of carbonyl (C=O) groups is 2. The zero-order chi connectivity index (χ0) is 21.6. The average Bonchev–Trinajstić information content (AvgIpc) is 2.69. The summed E-state index contributed by atoms with van der Waals surface area (Å²) >= 11 is 0. The molecule has 1 unspecified atom stereocenters. The maximum Gasteiger partial charge on any atom is 0.276 e. The van der Waals surface area contributed by atoms with E-state index in [1.54, 1.807) is 0 Å². The first-order valence-corrected chi connectivity index (χ1v) is 9.40. The fraction of sp³-hybridized carbons (Fsp3) is 0.350. The Morgan fingerprint density at radius 1 is 1.33 bits per heavy atom. The number of aromatic hydroxyl groups is 1. The van der Waals surface area contributed by atoms with E-state index in [4.69, 9.17) is 4.74 Å². The number of amides is 2. The number of aromatic nitrogens is 1. The number of carbonyl (C=O) groups excluding carboxylic acids is 2. The number of hydrogen-bond acceptors (Lipinski definition) is 5. The van der Waals surface area contributed by atoms with Crippen LogP contribution in [0.4, 0.5) is 8.78 Å². The first-order chi connectivity index (χ1) is 14.3. The number of halogens is 2. The van der Waals surface area contributed by atoms with Crippen LogP contribution in [0.1, 0.15) is 39.8 Å². The predicted molar refractivity (Wildman–Crippen MR) is 99.9 cm³/mol. The van der Waals surface area contributed by atoms with E-state index in [-0.39, 0.29) is 30.4 Å². The average molecular weight is 419 g/mol. The molecule has 0 bridgehead atoms. The molecule has 158 valence electrons. The van der Waals surface area contributed by atoms with Crippen molar-refractivity contribution in [1.82, 2.24) is 14.8 Å². The largest absolute Gasteiger partial charge is 0.503 e. The van der Waals surface area contributed by atoms with Crippen LogP contribution in [0.15, 0.2) is 29.2 Å². The monoisotopic (exact) mass is 419 g/mol. The molecule has 3 heterocycles. The summed E-state index contributed by atoms with van der Waals surface area (Å²) < 4.78 is 33.7. The van der Waals surface area contributed by atoms with Gasteiger partial charge < -0.3 is 24.6 Å². The fourth-order valence-electron chi connectivity index (χ4n) is 3.76. The van der Waals surface area contributed by atoms with Crippen molar-refractivity contribution in [1.29, 1.82) is 0 Å². The molecule has 1 saturated heterocycles. The first kappa shape index (κ1) is 20.0. The van der Waals surface area contributed by atoms with Crippen LogP contribution < -0.4 is 10.7 Å². The van der Waals surface area contributed by atoms with Gasteiger partial charge in [0.2, 0.25) is 5.43 Å². The third-order valence-electron chi connectivity index (χ3n) is 5.38. The number of ether oxygens (including phenoxy) is 1. The molecule has 1 aromatic heterocycles. The van der Waals surface area contributed by atoms with Crippen molar-refractivity contribution in [2.24, 2.45) is 0 Å². The molecule has 8 nitrogen and oxygen atoms in total. The van der Waals surface area contributed by atoms with Crippen molar-refractivity contribution in [2.75, 3.05) is 6.61 Å². The number of pyridine rings is 1. The van der Waals surface area contributed by atoms with Crippen LogP contribution in [0.25, 0.3) is 0 Å². The van der Waals surface area contributed by atoms with Crippen molar-refractivity contribution < 1.29 is 28.2 Å². The second-order valence-corrected chi connectivity index (χ2v) is 7.32.